The number of likely N-dealkylation sites (tertiary alicyclic amines) is 1. The van der Waals surface area contributed by atoms with Gasteiger partial charge in [-0.15, -0.1) is 0 Å². The van der Waals surface area contributed by atoms with Crippen LogP contribution in [0, 0.1) is 0 Å². The van der Waals surface area contributed by atoms with Crippen LogP contribution in [-0.2, 0) is 20.7 Å². The van der Waals surface area contributed by atoms with Gasteiger partial charge in [-0.1, -0.05) is 31.2 Å². The first-order chi connectivity index (χ1) is 14.1. The molecule has 0 aliphatic carbocycles. The number of hydrogen-bond donors (Lipinski definition) is 1. The molecule has 1 aromatic carbocycles. The number of aromatic nitrogens is 1. The molecule has 2 aromatic rings. The Hall–Kier alpha value is -2.99. The van der Waals surface area contributed by atoms with E-state index in [1.165, 1.54) is 5.56 Å². The lowest BCUT2D eigenvalue weighted by atomic mass is 9.94. The number of pyridine rings is 1. The van der Waals surface area contributed by atoms with Gasteiger partial charge in [-0.3, -0.25) is 14.6 Å². The lowest BCUT2D eigenvalue weighted by molar-refractivity contribution is -0.140. The number of carbonyl (C=O) groups is 2. The maximum atomic E-state index is 12.9. The van der Waals surface area contributed by atoms with E-state index in [0.29, 0.717) is 18.7 Å². The minimum absolute atomic E-state index is 0.0911. The highest BCUT2D eigenvalue weighted by molar-refractivity contribution is 6.46. The molecule has 1 aromatic heterocycles. The van der Waals surface area contributed by atoms with Crippen LogP contribution >= 0.6 is 0 Å². The van der Waals surface area contributed by atoms with Gasteiger partial charge in [-0.05, 0) is 42.5 Å². The van der Waals surface area contributed by atoms with Gasteiger partial charge >= 0.3 is 0 Å². The van der Waals surface area contributed by atoms with Gasteiger partial charge in [0, 0.05) is 31.1 Å². The van der Waals surface area contributed by atoms with Gasteiger partial charge in [0.25, 0.3) is 11.7 Å². The number of amides is 1. The predicted octanol–water partition coefficient (Wildman–Crippen LogP) is 3.24. The molecule has 1 amide bonds. The van der Waals surface area contributed by atoms with Crippen molar-refractivity contribution in [1.29, 1.82) is 0 Å². The Kier molecular flexibility index (Phi) is 5.45. The monoisotopic (exact) mass is 392 g/mol. The quantitative estimate of drug-likeness (QED) is 0.480. The van der Waals surface area contributed by atoms with Crippen molar-refractivity contribution < 1.29 is 19.4 Å². The number of ketones is 1. The van der Waals surface area contributed by atoms with Crippen molar-refractivity contribution in [2.75, 3.05) is 13.2 Å². The van der Waals surface area contributed by atoms with Crippen LogP contribution in [0.4, 0.5) is 0 Å². The number of aliphatic hydroxyl groups is 1. The Balaban J connectivity index is 1.80. The average molecular weight is 392 g/mol. The second kappa shape index (κ2) is 8.17. The summed E-state index contributed by atoms with van der Waals surface area (Å²) in [6, 6.07) is 10.5. The summed E-state index contributed by atoms with van der Waals surface area (Å²) >= 11 is 0. The molecule has 3 heterocycles. The fourth-order valence-electron chi connectivity index (χ4n) is 4.02. The number of Topliss-reactive ketones (excluding diaryl/α,β-unsaturated/α-hetero) is 1. The lowest BCUT2D eigenvalue weighted by Crippen LogP contribution is -2.36. The van der Waals surface area contributed by atoms with Crippen molar-refractivity contribution in [1.82, 2.24) is 9.88 Å². The summed E-state index contributed by atoms with van der Waals surface area (Å²) in [5.41, 5.74) is 2.54. The lowest BCUT2D eigenvalue weighted by Gasteiger charge is -2.27. The third-order valence-corrected chi connectivity index (χ3v) is 5.62. The molecule has 29 heavy (non-hydrogen) atoms. The van der Waals surface area contributed by atoms with E-state index in [1.807, 2.05) is 24.3 Å². The minimum atomic E-state index is -0.665. The van der Waals surface area contributed by atoms with Gasteiger partial charge in [0.15, 0.2) is 0 Å². The van der Waals surface area contributed by atoms with Gasteiger partial charge in [-0.2, -0.15) is 0 Å². The van der Waals surface area contributed by atoms with Crippen LogP contribution in [0.1, 0.15) is 42.5 Å². The van der Waals surface area contributed by atoms with Crippen LogP contribution in [0.3, 0.4) is 0 Å². The molecule has 150 valence electrons. The highest BCUT2D eigenvalue weighted by Crippen LogP contribution is 2.40. The first kappa shape index (κ1) is 19.3. The molecule has 2 aliphatic heterocycles. The second-order valence-electron chi connectivity index (χ2n) is 7.42. The molecule has 2 fully saturated rings. The van der Waals surface area contributed by atoms with Crippen molar-refractivity contribution in [3.05, 3.63) is 71.1 Å². The maximum absolute atomic E-state index is 12.9. The van der Waals surface area contributed by atoms with E-state index in [1.54, 1.807) is 29.4 Å². The number of rotatable bonds is 5. The number of carbonyl (C=O) groups excluding carboxylic acids is 2. The van der Waals surface area contributed by atoms with E-state index in [4.69, 9.17) is 4.74 Å². The first-order valence-electron chi connectivity index (χ1n) is 9.99. The summed E-state index contributed by atoms with van der Waals surface area (Å²) in [6.07, 6.45) is 5.70. The van der Waals surface area contributed by atoms with Crippen molar-refractivity contribution >= 4 is 17.4 Å². The Morgan fingerprint density at radius 3 is 2.52 bits per heavy atom. The normalized spacial score (nSPS) is 23.7. The van der Waals surface area contributed by atoms with Crippen molar-refractivity contribution in [3.63, 3.8) is 0 Å². The van der Waals surface area contributed by atoms with Gasteiger partial charge < -0.3 is 14.7 Å². The van der Waals surface area contributed by atoms with Crippen molar-refractivity contribution in [2.45, 2.75) is 38.3 Å². The highest BCUT2D eigenvalue weighted by atomic mass is 16.5. The fourth-order valence-corrected chi connectivity index (χ4v) is 4.02. The molecular weight excluding hydrogens is 368 g/mol. The summed E-state index contributed by atoms with van der Waals surface area (Å²) in [7, 11) is 0. The van der Waals surface area contributed by atoms with Crippen LogP contribution in [0.2, 0.25) is 0 Å². The van der Waals surface area contributed by atoms with Gasteiger partial charge in [-0.25, -0.2) is 0 Å². The number of ether oxygens (including phenoxy) is 1. The average Bonchev–Trinajstić information content (AvgIpc) is 3.36. The van der Waals surface area contributed by atoms with Crippen LogP contribution in [0.25, 0.3) is 5.76 Å². The molecule has 2 aliphatic rings. The smallest absolute Gasteiger partial charge is 0.295 e. The van der Waals surface area contributed by atoms with Crippen LogP contribution in [0.15, 0.2) is 54.4 Å². The largest absolute Gasteiger partial charge is 0.507 e. The van der Waals surface area contributed by atoms with Gasteiger partial charge in [0.05, 0.1) is 17.7 Å². The molecule has 0 radical (unpaired) electrons. The van der Waals surface area contributed by atoms with Gasteiger partial charge in [0.1, 0.15) is 5.76 Å². The zero-order valence-electron chi connectivity index (χ0n) is 16.4. The molecule has 6 heteroatoms. The molecule has 1 N–H and O–H groups in total. The molecule has 0 bridgehead atoms. The number of benzene rings is 1. The van der Waals surface area contributed by atoms with Crippen molar-refractivity contribution in [3.8, 4) is 0 Å². The number of hydrogen-bond acceptors (Lipinski definition) is 5. The fraction of sp³-hybridized carbons (Fsp3) is 0.348. The SMILES string of the molecule is CCc1ccc(C2/C(=C(/O)c3ccncc3)C(=O)C(=O)N2CC2CCCO2)cc1. The van der Waals surface area contributed by atoms with E-state index in [-0.39, 0.29) is 17.4 Å². The molecule has 6 nitrogen and oxygen atoms in total. The Morgan fingerprint density at radius 2 is 1.90 bits per heavy atom. The van der Waals surface area contributed by atoms with Crippen LogP contribution in [-0.4, -0.2) is 45.9 Å². The van der Waals surface area contributed by atoms with E-state index >= 15 is 0 Å². The van der Waals surface area contributed by atoms with Crippen LogP contribution in [0.5, 0.6) is 0 Å². The number of nitrogens with zero attached hydrogens (tertiary/aromatic N) is 2. The predicted molar refractivity (Wildman–Crippen MR) is 108 cm³/mol. The third-order valence-electron chi connectivity index (χ3n) is 5.62. The second-order valence-corrected chi connectivity index (χ2v) is 7.42. The van der Waals surface area contributed by atoms with E-state index in [2.05, 4.69) is 11.9 Å². The summed E-state index contributed by atoms with van der Waals surface area (Å²) in [4.78, 5) is 31.4. The summed E-state index contributed by atoms with van der Waals surface area (Å²) in [5.74, 6) is -1.44. The van der Waals surface area contributed by atoms with E-state index in [0.717, 1.165) is 24.8 Å². The minimum Gasteiger partial charge on any atom is -0.507 e. The number of aryl methyl sites for hydroxylation is 1. The Morgan fingerprint density at radius 1 is 1.17 bits per heavy atom. The summed E-state index contributed by atoms with van der Waals surface area (Å²) in [6.45, 7) is 3.07. The first-order valence-corrected chi connectivity index (χ1v) is 9.99. The summed E-state index contributed by atoms with van der Waals surface area (Å²) < 4.78 is 5.71. The Bertz CT molecular complexity index is 931. The standard InChI is InChI=1S/C23H24N2O4/c1-2-15-5-7-16(8-6-15)20-19(21(26)17-9-11-24-12-10-17)22(27)23(28)25(20)14-18-4-3-13-29-18/h5-12,18,20,26H,2-4,13-14H2,1H3/b21-19-. The van der Waals surface area contributed by atoms with E-state index < -0.39 is 17.7 Å². The molecule has 2 saturated heterocycles. The zero-order valence-corrected chi connectivity index (χ0v) is 16.4. The molecule has 2 unspecified atom stereocenters. The summed E-state index contributed by atoms with van der Waals surface area (Å²) in [5, 5.41) is 10.9. The maximum Gasteiger partial charge on any atom is 0.295 e. The molecular formula is C23H24N2O4. The van der Waals surface area contributed by atoms with Gasteiger partial charge in [0.2, 0.25) is 0 Å². The third kappa shape index (κ3) is 3.68. The van der Waals surface area contributed by atoms with Crippen molar-refractivity contribution in [2.24, 2.45) is 0 Å². The molecule has 4 rings (SSSR count). The molecule has 2 atom stereocenters. The number of aliphatic hydroxyl groups excluding tert-OH is 1. The van der Waals surface area contributed by atoms with Crippen LogP contribution < -0.4 is 0 Å². The molecule has 0 spiro atoms. The topological polar surface area (TPSA) is 79.7 Å². The highest BCUT2D eigenvalue weighted by Gasteiger charge is 2.47. The molecule has 0 saturated carbocycles. The Labute approximate surface area is 169 Å². The van der Waals surface area contributed by atoms with E-state index in [9.17, 15) is 14.7 Å². The zero-order chi connectivity index (χ0) is 20.4.